The number of nitrogens with zero attached hydrogens (tertiary/aromatic N) is 1. The van der Waals surface area contributed by atoms with Gasteiger partial charge in [-0.2, -0.15) is 0 Å². The number of likely N-dealkylation sites (N-methyl/N-ethyl adjacent to an activating group) is 1. The van der Waals surface area contributed by atoms with E-state index in [1.165, 1.54) is 11.1 Å². The molecule has 2 nitrogen and oxygen atoms in total. The maximum Gasteiger partial charge on any atom is 0.237 e. The normalized spacial score (nSPS) is 10.1. The summed E-state index contributed by atoms with van der Waals surface area (Å²) in [4.78, 5) is 12.9. The van der Waals surface area contributed by atoms with E-state index in [1.807, 2.05) is 6.07 Å². The van der Waals surface area contributed by atoms with Crippen molar-refractivity contribution in [3.05, 3.63) is 35.4 Å². The zero-order valence-corrected chi connectivity index (χ0v) is 9.92. The van der Waals surface area contributed by atoms with E-state index in [9.17, 15) is 4.79 Å². The summed E-state index contributed by atoms with van der Waals surface area (Å²) in [6.45, 7) is 2.78. The van der Waals surface area contributed by atoms with Crippen LogP contribution in [0.1, 0.15) is 11.1 Å². The Balaban J connectivity index is 2.47. The standard InChI is InChI=1S/C12H16ClNO/c1-10-4-3-5-11(8-10)6-7-14(2)12(15)9-13/h3-5,8H,6-7,9H2,1-2H3. The quantitative estimate of drug-likeness (QED) is 0.720. The molecule has 0 aliphatic heterocycles. The molecule has 0 saturated carbocycles. The summed E-state index contributed by atoms with van der Waals surface area (Å²) in [7, 11) is 1.78. The van der Waals surface area contributed by atoms with Crippen molar-refractivity contribution in [2.45, 2.75) is 13.3 Å². The average Bonchev–Trinajstić information content (AvgIpc) is 2.25. The SMILES string of the molecule is Cc1cccc(CCN(C)C(=O)CCl)c1. The largest absolute Gasteiger partial charge is 0.344 e. The van der Waals surface area contributed by atoms with Crippen molar-refractivity contribution < 1.29 is 4.79 Å². The fraction of sp³-hybridized carbons (Fsp3) is 0.417. The summed E-state index contributed by atoms with van der Waals surface area (Å²) >= 11 is 5.46. The zero-order valence-electron chi connectivity index (χ0n) is 9.16. The van der Waals surface area contributed by atoms with Crippen molar-refractivity contribution in [3.63, 3.8) is 0 Å². The molecule has 15 heavy (non-hydrogen) atoms. The summed E-state index contributed by atoms with van der Waals surface area (Å²) in [5, 5.41) is 0. The van der Waals surface area contributed by atoms with Gasteiger partial charge in [0.2, 0.25) is 5.91 Å². The number of alkyl halides is 1. The van der Waals surface area contributed by atoms with Crippen LogP contribution in [0.25, 0.3) is 0 Å². The van der Waals surface area contributed by atoms with Gasteiger partial charge in [0.1, 0.15) is 5.88 Å². The lowest BCUT2D eigenvalue weighted by Gasteiger charge is -2.15. The van der Waals surface area contributed by atoms with Crippen molar-refractivity contribution in [3.8, 4) is 0 Å². The first kappa shape index (κ1) is 12.1. The second-order valence-corrected chi connectivity index (χ2v) is 3.96. The molecule has 0 aliphatic rings. The van der Waals surface area contributed by atoms with Gasteiger partial charge in [0.15, 0.2) is 0 Å². The summed E-state index contributed by atoms with van der Waals surface area (Å²) in [6, 6.07) is 8.32. The van der Waals surface area contributed by atoms with Gasteiger partial charge in [0, 0.05) is 13.6 Å². The average molecular weight is 226 g/mol. The monoisotopic (exact) mass is 225 g/mol. The van der Waals surface area contributed by atoms with Gasteiger partial charge in [-0.3, -0.25) is 4.79 Å². The Kier molecular flexibility index (Phi) is 4.63. The van der Waals surface area contributed by atoms with Gasteiger partial charge in [-0.05, 0) is 18.9 Å². The summed E-state index contributed by atoms with van der Waals surface area (Å²) in [6.07, 6.45) is 0.876. The molecule has 0 heterocycles. The van der Waals surface area contributed by atoms with Crippen LogP contribution in [0, 0.1) is 6.92 Å². The molecule has 0 spiro atoms. The van der Waals surface area contributed by atoms with Crippen LogP contribution in [-0.2, 0) is 11.2 Å². The van der Waals surface area contributed by atoms with E-state index in [2.05, 4.69) is 25.1 Å². The Labute approximate surface area is 95.8 Å². The predicted octanol–water partition coefficient (Wildman–Crippen LogP) is 2.23. The van der Waals surface area contributed by atoms with E-state index in [1.54, 1.807) is 11.9 Å². The second kappa shape index (κ2) is 5.76. The van der Waals surface area contributed by atoms with Crippen LogP contribution < -0.4 is 0 Å². The minimum Gasteiger partial charge on any atom is -0.344 e. The van der Waals surface area contributed by atoms with Crippen LogP contribution in [0.4, 0.5) is 0 Å². The van der Waals surface area contributed by atoms with Crippen LogP contribution in [0.3, 0.4) is 0 Å². The maximum absolute atomic E-state index is 11.2. The summed E-state index contributed by atoms with van der Waals surface area (Å²) < 4.78 is 0. The van der Waals surface area contributed by atoms with Gasteiger partial charge in [0.05, 0.1) is 0 Å². The lowest BCUT2D eigenvalue weighted by molar-refractivity contribution is -0.127. The fourth-order valence-corrected chi connectivity index (χ4v) is 1.60. The number of rotatable bonds is 4. The highest BCUT2D eigenvalue weighted by atomic mass is 35.5. The van der Waals surface area contributed by atoms with Crippen molar-refractivity contribution >= 4 is 17.5 Å². The minimum atomic E-state index is -0.0238. The van der Waals surface area contributed by atoms with Crippen molar-refractivity contribution in [1.29, 1.82) is 0 Å². The van der Waals surface area contributed by atoms with Crippen LogP contribution in [0.2, 0.25) is 0 Å². The molecule has 0 unspecified atom stereocenters. The molecular formula is C12H16ClNO. The highest BCUT2D eigenvalue weighted by molar-refractivity contribution is 6.27. The van der Waals surface area contributed by atoms with E-state index >= 15 is 0 Å². The molecule has 82 valence electrons. The first-order valence-corrected chi connectivity index (χ1v) is 5.52. The van der Waals surface area contributed by atoms with Crippen LogP contribution in [0.5, 0.6) is 0 Å². The second-order valence-electron chi connectivity index (χ2n) is 3.69. The number of hydrogen-bond donors (Lipinski definition) is 0. The molecule has 0 aromatic heterocycles. The fourth-order valence-electron chi connectivity index (χ4n) is 1.39. The lowest BCUT2D eigenvalue weighted by Crippen LogP contribution is -2.29. The molecule has 0 fully saturated rings. The Hall–Kier alpha value is -1.02. The van der Waals surface area contributed by atoms with E-state index in [4.69, 9.17) is 11.6 Å². The molecule has 0 N–H and O–H groups in total. The van der Waals surface area contributed by atoms with Crippen LogP contribution >= 0.6 is 11.6 Å². The zero-order chi connectivity index (χ0) is 11.3. The smallest absolute Gasteiger partial charge is 0.237 e. The molecule has 3 heteroatoms. The molecule has 1 aromatic carbocycles. The van der Waals surface area contributed by atoms with Crippen LogP contribution in [-0.4, -0.2) is 30.3 Å². The summed E-state index contributed by atoms with van der Waals surface area (Å²) in [5.74, 6) is 0.0361. The number of halogens is 1. The number of carbonyl (C=O) groups excluding carboxylic acids is 1. The Morgan fingerprint density at radius 2 is 2.20 bits per heavy atom. The van der Waals surface area contributed by atoms with Gasteiger partial charge < -0.3 is 4.90 Å². The molecule has 0 atom stereocenters. The van der Waals surface area contributed by atoms with E-state index in [-0.39, 0.29) is 11.8 Å². The minimum absolute atomic E-state index is 0.0238. The first-order chi connectivity index (χ1) is 7.13. The van der Waals surface area contributed by atoms with Gasteiger partial charge in [-0.25, -0.2) is 0 Å². The third-order valence-corrected chi connectivity index (χ3v) is 2.59. The van der Waals surface area contributed by atoms with E-state index < -0.39 is 0 Å². The van der Waals surface area contributed by atoms with Crippen molar-refractivity contribution in [2.24, 2.45) is 0 Å². The van der Waals surface area contributed by atoms with Gasteiger partial charge in [-0.1, -0.05) is 29.8 Å². The first-order valence-electron chi connectivity index (χ1n) is 4.99. The third kappa shape index (κ3) is 3.92. The number of carbonyl (C=O) groups is 1. The third-order valence-electron chi connectivity index (χ3n) is 2.36. The highest BCUT2D eigenvalue weighted by Gasteiger charge is 2.06. The molecule has 0 aliphatic carbocycles. The lowest BCUT2D eigenvalue weighted by atomic mass is 10.1. The predicted molar refractivity (Wildman–Crippen MR) is 63.2 cm³/mol. The molecule has 1 rings (SSSR count). The topological polar surface area (TPSA) is 20.3 Å². The summed E-state index contributed by atoms with van der Waals surface area (Å²) in [5.41, 5.74) is 2.50. The van der Waals surface area contributed by atoms with E-state index in [0.717, 1.165) is 13.0 Å². The molecule has 0 saturated heterocycles. The highest BCUT2D eigenvalue weighted by Crippen LogP contribution is 2.05. The Bertz CT molecular complexity index is 338. The number of aryl methyl sites for hydroxylation is 1. The molecular weight excluding hydrogens is 210 g/mol. The van der Waals surface area contributed by atoms with Gasteiger partial charge in [-0.15, -0.1) is 11.6 Å². The molecule has 0 radical (unpaired) electrons. The van der Waals surface area contributed by atoms with E-state index in [0.29, 0.717) is 0 Å². The Morgan fingerprint density at radius 3 is 2.80 bits per heavy atom. The Morgan fingerprint density at radius 1 is 1.47 bits per heavy atom. The van der Waals surface area contributed by atoms with Crippen LogP contribution in [0.15, 0.2) is 24.3 Å². The van der Waals surface area contributed by atoms with Crippen molar-refractivity contribution in [1.82, 2.24) is 4.90 Å². The van der Waals surface area contributed by atoms with Gasteiger partial charge in [0.25, 0.3) is 0 Å². The maximum atomic E-state index is 11.2. The number of benzene rings is 1. The van der Waals surface area contributed by atoms with Gasteiger partial charge >= 0.3 is 0 Å². The molecule has 1 aromatic rings. The number of hydrogen-bond acceptors (Lipinski definition) is 1. The molecule has 1 amide bonds. The number of amides is 1. The molecule has 0 bridgehead atoms. The van der Waals surface area contributed by atoms with Crippen molar-refractivity contribution in [2.75, 3.05) is 19.5 Å².